The zero-order chi connectivity index (χ0) is 12.1. The second-order valence-corrected chi connectivity index (χ2v) is 4.76. The van der Waals surface area contributed by atoms with Gasteiger partial charge in [0.2, 0.25) is 0 Å². The molecular formula is C14H20O2. The van der Waals surface area contributed by atoms with Crippen molar-refractivity contribution < 1.29 is 9.59 Å². The normalized spacial score (nSPS) is 23.3. The van der Waals surface area contributed by atoms with E-state index in [1.54, 1.807) is 19.1 Å². The van der Waals surface area contributed by atoms with E-state index in [1.165, 1.54) is 5.57 Å². The standard InChI is InChI=1S/C14H20O2/c1-10-7-8-13(14(16)9-10)11(2)5-4-6-12(3)15/h4,6,9,11,13H,5,7-8H2,1-3H3. The molecule has 0 aromatic carbocycles. The first-order valence-corrected chi connectivity index (χ1v) is 5.89. The monoisotopic (exact) mass is 220 g/mol. The third-order valence-electron chi connectivity index (χ3n) is 3.15. The summed E-state index contributed by atoms with van der Waals surface area (Å²) < 4.78 is 0. The second kappa shape index (κ2) is 5.78. The Balaban J connectivity index is 2.52. The van der Waals surface area contributed by atoms with Gasteiger partial charge in [-0.2, -0.15) is 0 Å². The molecule has 0 radical (unpaired) electrons. The van der Waals surface area contributed by atoms with Crippen LogP contribution in [-0.4, -0.2) is 11.6 Å². The fourth-order valence-electron chi connectivity index (χ4n) is 2.13. The van der Waals surface area contributed by atoms with Crippen LogP contribution in [0.25, 0.3) is 0 Å². The van der Waals surface area contributed by atoms with Gasteiger partial charge in [-0.05, 0) is 51.2 Å². The van der Waals surface area contributed by atoms with E-state index in [0.29, 0.717) is 5.92 Å². The molecule has 16 heavy (non-hydrogen) atoms. The van der Waals surface area contributed by atoms with Crippen molar-refractivity contribution in [2.24, 2.45) is 11.8 Å². The molecule has 88 valence electrons. The highest BCUT2D eigenvalue weighted by molar-refractivity contribution is 5.93. The van der Waals surface area contributed by atoms with Crippen LogP contribution in [0.5, 0.6) is 0 Å². The highest BCUT2D eigenvalue weighted by Crippen LogP contribution is 2.28. The van der Waals surface area contributed by atoms with Crippen LogP contribution in [0, 0.1) is 11.8 Å². The van der Waals surface area contributed by atoms with Gasteiger partial charge < -0.3 is 0 Å². The van der Waals surface area contributed by atoms with Crippen LogP contribution in [0.1, 0.15) is 40.0 Å². The Kier molecular flexibility index (Phi) is 4.66. The first-order chi connectivity index (χ1) is 7.50. The molecule has 0 bridgehead atoms. The maximum absolute atomic E-state index is 11.8. The predicted molar refractivity (Wildman–Crippen MR) is 65.1 cm³/mol. The van der Waals surface area contributed by atoms with Crippen LogP contribution in [-0.2, 0) is 9.59 Å². The van der Waals surface area contributed by atoms with E-state index in [0.717, 1.165) is 19.3 Å². The Morgan fingerprint density at radius 3 is 2.88 bits per heavy atom. The Hall–Kier alpha value is -1.18. The molecule has 0 aliphatic heterocycles. The Morgan fingerprint density at radius 1 is 1.62 bits per heavy atom. The molecule has 0 aromatic heterocycles. The summed E-state index contributed by atoms with van der Waals surface area (Å²) in [6.07, 6.45) is 8.03. The lowest BCUT2D eigenvalue weighted by molar-refractivity contribution is -0.120. The van der Waals surface area contributed by atoms with E-state index in [1.807, 2.05) is 13.0 Å². The van der Waals surface area contributed by atoms with Gasteiger partial charge >= 0.3 is 0 Å². The van der Waals surface area contributed by atoms with Crippen molar-refractivity contribution in [3.63, 3.8) is 0 Å². The van der Waals surface area contributed by atoms with Gasteiger partial charge in [0.1, 0.15) is 0 Å². The molecule has 0 fully saturated rings. The predicted octanol–water partition coefficient (Wildman–Crippen LogP) is 3.08. The third-order valence-corrected chi connectivity index (χ3v) is 3.15. The summed E-state index contributed by atoms with van der Waals surface area (Å²) >= 11 is 0. The van der Waals surface area contributed by atoms with E-state index >= 15 is 0 Å². The van der Waals surface area contributed by atoms with Gasteiger partial charge in [0.15, 0.2) is 11.6 Å². The number of rotatable bonds is 4. The molecule has 1 aliphatic rings. The minimum Gasteiger partial charge on any atom is -0.295 e. The summed E-state index contributed by atoms with van der Waals surface area (Å²) in [7, 11) is 0. The number of hydrogen-bond donors (Lipinski definition) is 0. The molecule has 2 nitrogen and oxygen atoms in total. The van der Waals surface area contributed by atoms with Crippen molar-refractivity contribution in [1.82, 2.24) is 0 Å². The molecule has 0 N–H and O–H groups in total. The first kappa shape index (κ1) is 12.9. The zero-order valence-electron chi connectivity index (χ0n) is 10.3. The average Bonchev–Trinajstić information content (AvgIpc) is 2.16. The minimum atomic E-state index is 0.0675. The molecule has 2 unspecified atom stereocenters. The third kappa shape index (κ3) is 3.76. The largest absolute Gasteiger partial charge is 0.295 e. The van der Waals surface area contributed by atoms with E-state index in [-0.39, 0.29) is 17.5 Å². The summed E-state index contributed by atoms with van der Waals surface area (Å²) in [5, 5.41) is 0. The second-order valence-electron chi connectivity index (χ2n) is 4.76. The molecule has 2 atom stereocenters. The van der Waals surface area contributed by atoms with Crippen molar-refractivity contribution >= 4 is 11.6 Å². The number of allylic oxidation sites excluding steroid dienone is 4. The summed E-state index contributed by atoms with van der Waals surface area (Å²) in [6.45, 7) is 5.63. The van der Waals surface area contributed by atoms with Crippen molar-refractivity contribution in [3.05, 3.63) is 23.8 Å². The Bertz CT molecular complexity index is 337. The summed E-state index contributed by atoms with van der Waals surface area (Å²) in [4.78, 5) is 22.5. The Morgan fingerprint density at radius 2 is 2.31 bits per heavy atom. The van der Waals surface area contributed by atoms with Gasteiger partial charge in [0.05, 0.1) is 0 Å². The molecular weight excluding hydrogens is 200 g/mol. The fourth-order valence-corrected chi connectivity index (χ4v) is 2.13. The molecule has 0 saturated carbocycles. The molecule has 0 saturated heterocycles. The number of carbonyl (C=O) groups excluding carboxylic acids is 2. The lowest BCUT2D eigenvalue weighted by atomic mass is 9.79. The van der Waals surface area contributed by atoms with Crippen molar-refractivity contribution in [1.29, 1.82) is 0 Å². The van der Waals surface area contributed by atoms with Crippen LogP contribution in [0.15, 0.2) is 23.8 Å². The lowest BCUT2D eigenvalue weighted by Crippen LogP contribution is -2.23. The minimum absolute atomic E-state index is 0.0675. The Labute approximate surface area is 97.4 Å². The van der Waals surface area contributed by atoms with Gasteiger partial charge in [-0.15, -0.1) is 0 Å². The van der Waals surface area contributed by atoms with E-state index in [9.17, 15) is 9.59 Å². The lowest BCUT2D eigenvalue weighted by Gasteiger charge is -2.24. The van der Waals surface area contributed by atoms with Crippen molar-refractivity contribution in [2.75, 3.05) is 0 Å². The molecule has 0 heterocycles. The fraction of sp³-hybridized carbons (Fsp3) is 0.571. The van der Waals surface area contributed by atoms with Crippen LogP contribution < -0.4 is 0 Å². The highest BCUT2D eigenvalue weighted by atomic mass is 16.1. The van der Waals surface area contributed by atoms with Crippen LogP contribution in [0.4, 0.5) is 0 Å². The number of hydrogen-bond acceptors (Lipinski definition) is 2. The smallest absolute Gasteiger partial charge is 0.158 e. The van der Waals surface area contributed by atoms with Gasteiger partial charge in [-0.1, -0.05) is 18.6 Å². The van der Waals surface area contributed by atoms with E-state index in [4.69, 9.17) is 0 Å². The molecule has 2 heteroatoms. The summed E-state index contributed by atoms with van der Waals surface area (Å²) in [5.41, 5.74) is 1.19. The van der Waals surface area contributed by atoms with Crippen LogP contribution >= 0.6 is 0 Å². The van der Waals surface area contributed by atoms with E-state index in [2.05, 4.69) is 6.92 Å². The average molecular weight is 220 g/mol. The van der Waals surface area contributed by atoms with Crippen LogP contribution in [0.3, 0.4) is 0 Å². The number of carbonyl (C=O) groups is 2. The van der Waals surface area contributed by atoms with Crippen LogP contribution in [0.2, 0.25) is 0 Å². The molecule has 0 aromatic rings. The molecule has 1 rings (SSSR count). The zero-order valence-corrected chi connectivity index (χ0v) is 10.3. The molecule has 1 aliphatic carbocycles. The van der Waals surface area contributed by atoms with E-state index < -0.39 is 0 Å². The van der Waals surface area contributed by atoms with Gasteiger partial charge in [0.25, 0.3) is 0 Å². The van der Waals surface area contributed by atoms with Crippen molar-refractivity contribution in [3.8, 4) is 0 Å². The van der Waals surface area contributed by atoms with Gasteiger partial charge in [-0.3, -0.25) is 9.59 Å². The number of ketones is 2. The molecule has 0 amide bonds. The SMILES string of the molecule is CC(=O)C=CCC(C)C1CCC(C)=CC1=O. The topological polar surface area (TPSA) is 34.1 Å². The molecule has 0 spiro atoms. The maximum Gasteiger partial charge on any atom is 0.158 e. The highest BCUT2D eigenvalue weighted by Gasteiger charge is 2.25. The maximum atomic E-state index is 11.8. The quantitative estimate of drug-likeness (QED) is 0.682. The first-order valence-electron chi connectivity index (χ1n) is 5.89. The summed E-state index contributed by atoms with van der Waals surface area (Å²) in [5.74, 6) is 0.790. The summed E-state index contributed by atoms with van der Waals surface area (Å²) in [6, 6.07) is 0. The van der Waals surface area contributed by atoms with Crippen molar-refractivity contribution in [2.45, 2.75) is 40.0 Å². The van der Waals surface area contributed by atoms with Gasteiger partial charge in [-0.25, -0.2) is 0 Å². The van der Waals surface area contributed by atoms with Gasteiger partial charge in [0, 0.05) is 5.92 Å².